The first kappa shape index (κ1) is 16.3. The van der Waals surface area contributed by atoms with E-state index in [0.717, 1.165) is 24.2 Å². The van der Waals surface area contributed by atoms with Gasteiger partial charge in [0, 0.05) is 24.7 Å². The second kappa shape index (κ2) is 7.32. The third-order valence-electron chi connectivity index (χ3n) is 4.10. The van der Waals surface area contributed by atoms with Crippen LogP contribution in [0.4, 0.5) is 5.88 Å². The first-order valence-corrected chi connectivity index (χ1v) is 8.10. The van der Waals surface area contributed by atoms with Crippen LogP contribution in [0.2, 0.25) is 0 Å². The lowest BCUT2D eigenvalue weighted by Gasteiger charge is -2.27. The molecule has 4 nitrogen and oxygen atoms in total. The van der Waals surface area contributed by atoms with E-state index in [9.17, 15) is 4.79 Å². The molecule has 1 aliphatic rings. The molecule has 0 bridgehead atoms. The molecule has 124 valence electrons. The first-order chi connectivity index (χ1) is 11.7. The Kier molecular flexibility index (Phi) is 4.96. The number of benzene rings is 1. The summed E-state index contributed by atoms with van der Waals surface area (Å²) < 4.78 is 11.5. The molecule has 0 saturated carbocycles. The zero-order valence-electron chi connectivity index (χ0n) is 13.8. The van der Waals surface area contributed by atoms with Gasteiger partial charge in [0.15, 0.2) is 11.3 Å². The smallest absolute Gasteiger partial charge is 0.200 e. The number of nitrogens with zero attached hydrogens (tertiary/aromatic N) is 1. The molecule has 2 aromatic rings. The summed E-state index contributed by atoms with van der Waals surface area (Å²) in [4.78, 5) is 14.6. The van der Waals surface area contributed by atoms with Crippen LogP contribution >= 0.6 is 0 Å². The third kappa shape index (κ3) is 3.19. The molecular weight excluding hydrogens is 302 g/mol. The van der Waals surface area contributed by atoms with Crippen LogP contribution < -0.4 is 10.3 Å². The predicted molar refractivity (Wildman–Crippen MR) is 98.5 cm³/mol. The van der Waals surface area contributed by atoms with Crippen molar-refractivity contribution < 1.29 is 9.15 Å². The molecule has 2 heterocycles. The SMILES string of the molecule is C=C/C=C\C(=C/C)c1cccc2c(=O)cc(N3CCOCC3)oc12. The summed E-state index contributed by atoms with van der Waals surface area (Å²) in [5.41, 5.74) is 2.49. The average molecular weight is 323 g/mol. The lowest BCUT2D eigenvalue weighted by molar-refractivity contribution is 0.121. The summed E-state index contributed by atoms with van der Waals surface area (Å²) in [6, 6.07) is 7.23. The summed E-state index contributed by atoms with van der Waals surface area (Å²) in [5, 5.41) is 0.593. The Hall–Kier alpha value is -2.59. The van der Waals surface area contributed by atoms with Gasteiger partial charge < -0.3 is 14.1 Å². The van der Waals surface area contributed by atoms with Gasteiger partial charge in [0.25, 0.3) is 0 Å². The molecule has 0 spiro atoms. The monoisotopic (exact) mass is 323 g/mol. The fourth-order valence-corrected chi connectivity index (χ4v) is 2.85. The maximum absolute atomic E-state index is 12.5. The van der Waals surface area contributed by atoms with Gasteiger partial charge in [0.05, 0.1) is 18.6 Å². The maximum Gasteiger partial charge on any atom is 0.200 e. The third-order valence-corrected chi connectivity index (χ3v) is 4.10. The molecule has 1 aliphatic heterocycles. The fraction of sp³-hybridized carbons (Fsp3) is 0.250. The molecule has 24 heavy (non-hydrogen) atoms. The minimum Gasteiger partial charge on any atom is -0.440 e. The Morgan fingerprint density at radius 1 is 1.29 bits per heavy atom. The molecular formula is C20H21NO3. The lowest BCUT2D eigenvalue weighted by Crippen LogP contribution is -2.36. The molecule has 1 aromatic carbocycles. The van der Waals surface area contributed by atoms with Gasteiger partial charge in [-0.3, -0.25) is 4.79 Å². The highest BCUT2D eigenvalue weighted by atomic mass is 16.5. The van der Waals surface area contributed by atoms with Gasteiger partial charge in [0.2, 0.25) is 0 Å². The quantitative estimate of drug-likeness (QED) is 0.803. The summed E-state index contributed by atoms with van der Waals surface area (Å²) in [7, 11) is 0. The molecule has 3 rings (SSSR count). The molecule has 0 radical (unpaired) electrons. The minimum absolute atomic E-state index is 0.0252. The van der Waals surface area contributed by atoms with Gasteiger partial charge in [-0.25, -0.2) is 0 Å². The van der Waals surface area contributed by atoms with E-state index in [1.165, 1.54) is 0 Å². The number of morpholine rings is 1. The molecule has 0 N–H and O–H groups in total. The molecule has 1 aromatic heterocycles. The van der Waals surface area contributed by atoms with Gasteiger partial charge in [-0.15, -0.1) is 0 Å². The van der Waals surface area contributed by atoms with Crippen molar-refractivity contribution in [1.29, 1.82) is 0 Å². The predicted octanol–water partition coefficient (Wildman–Crippen LogP) is 3.78. The van der Waals surface area contributed by atoms with Gasteiger partial charge in [-0.1, -0.05) is 43.0 Å². The molecule has 0 atom stereocenters. The molecule has 0 aliphatic carbocycles. The minimum atomic E-state index is -0.0252. The molecule has 0 amide bonds. The van der Waals surface area contributed by atoms with Gasteiger partial charge >= 0.3 is 0 Å². The Morgan fingerprint density at radius 3 is 2.79 bits per heavy atom. The van der Waals surface area contributed by atoms with Crippen LogP contribution in [-0.2, 0) is 4.74 Å². The number of allylic oxidation sites excluding steroid dienone is 5. The standard InChI is InChI=1S/C20H21NO3/c1-3-5-7-15(4-2)16-8-6-9-17-18(22)14-19(24-20(16)17)21-10-12-23-13-11-21/h3-9,14H,1,10-13H2,2H3/b7-5-,15-4+. The lowest BCUT2D eigenvalue weighted by atomic mass is 10.0. The highest BCUT2D eigenvalue weighted by Gasteiger charge is 2.17. The van der Waals surface area contributed by atoms with Crippen LogP contribution in [-0.4, -0.2) is 26.3 Å². The number of fused-ring (bicyclic) bond motifs is 1. The number of hydrogen-bond acceptors (Lipinski definition) is 4. The van der Waals surface area contributed by atoms with E-state index < -0.39 is 0 Å². The number of ether oxygens (including phenoxy) is 1. The van der Waals surface area contributed by atoms with Crippen molar-refractivity contribution >= 4 is 22.4 Å². The number of hydrogen-bond donors (Lipinski definition) is 0. The van der Waals surface area contributed by atoms with Crippen molar-refractivity contribution in [3.8, 4) is 0 Å². The Morgan fingerprint density at radius 2 is 2.08 bits per heavy atom. The van der Waals surface area contributed by atoms with Crippen LogP contribution in [0.25, 0.3) is 16.5 Å². The van der Waals surface area contributed by atoms with Crippen molar-refractivity contribution in [2.75, 3.05) is 31.2 Å². The van der Waals surface area contributed by atoms with Gasteiger partial charge in [-0.2, -0.15) is 0 Å². The number of rotatable bonds is 4. The Balaban J connectivity index is 2.16. The van der Waals surface area contributed by atoms with Crippen LogP contribution in [0.3, 0.4) is 0 Å². The highest BCUT2D eigenvalue weighted by Crippen LogP contribution is 2.28. The van der Waals surface area contributed by atoms with Gasteiger partial charge in [-0.05, 0) is 18.6 Å². The van der Waals surface area contributed by atoms with Crippen LogP contribution in [0, 0.1) is 0 Å². The zero-order chi connectivity index (χ0) is 16.9. The average Bonchev–Trinajstić information content (AvgIpc) is 2.63. The van der Waals surface area contributed by atoms with Crippen LogP contribution in [0.1, 0.15) is 12.5 Å². The second-order valence-corrected chi connectivity index (χ2v) is 5.57. The fourth-order valence-electron chi connectivity index (χ4n) is 2.85. The second-order valence-electron chi connectivity index (χ2n) is 5.57. The van der Waals surface area contributed by atoms with E-state index in [-0.39, 0.29) is 5.43 Å². The molecule has 1 fully saturated rings. The van der Waals surface area contributed by atoms with Crippen molar-refractivity contribution in [1.82, 2.24) is 0 Å². The largest absolute Gasteiger partial charge is 0.440 e. The van der Waals surface area contributed by atoms with E-state index >= 15 is 0 Å². The van der Waals surface area contributed by atoms with E-state index in [2.05, 4.69) is 11.5 Å². The van der Waals surface area contributed by atoms with E-state index in [4.69, 9.17) is 9.15 Å². The zero-order valence-corrected chi connectivity index (χ0v) is 13.8. The Bertz CT molecular complexity index is 855. The molecule has 0 unspecified atom stereocenters. The van der Waals surface area contributed by atoms with Gasteiger partial charge in [0.1, 0.15) is 5.58 Å². The van der Waals surface area contributed by atoms with Crippen molar-refractivity contribution in [3.63, 3.8) is 0 Å². The van der Waals surface area contributed by atoms with Crippen LogP contribution in [0.5, 0.6) is 0 Å². The number of para-hydroxylation sites is 1. The normalized spacial score (nSPS) is 16.0. The summed E-state index contributed by atoms with van der Waals surface area (Å²) in [6.07, 6.45) is 7.56. The maximum atomic E-state index is 12.5. The number of anilines is 1. The van der Waals surface area contributed by atoms with E-state index in [0.29, 0.717) is 30.1 Å². The topological polar surface area (TPSA) is 42.7 Å². The van der Waals surface area contributed by atoms with Crippen molar-refractivity contribution in [2.24, 2.45) is 0 Å². The van der Waals surface area contributed by atoms with Crippen molar-refractivity contribution in [2.45, 2.75) is 6.92 Å². The van der Waals surface area contributed by atoms with Crippen LogP contribution in [0.15, 0.2) is 64.4 Å². The molecule has 1 saturated heterocycles. The van der Waals surface area contributed by atoms with E-state index in [1.54, 1.807) is 18.2 Å². The Labute approximate surface area is 141 Å². The summed E-state index contributed by atoms with van der Waals surface area (Å²) in [6.45, 7) is 8.41. The van der Waals surface area contributed by atoms with E-state index in [1.807, 2.05) is 37.3 Å². The summed E-state index contributed by atoms with van der Waals surface area (Å²) >= 11 is 0. The highest BCUT2D eigenvalue weighted by molar-refractivity contribution is 5.92. The molecule has 4 heteroatoms. The van der Waals surface area contributed by atoms with Crippen molar-refractivity contribution in [3.05, 3.63) is 70.9 Å². The summed E-state index contributed by atoms with van der Waals surface area (Å²) in [5.74, 6) is 0.603. The first-order valence-electron chi connectivity index (χ1n) is 8.10.